The Balaban J connectivity index is 1.43. The lowest BCUT2D eigenvalue weighted by molar-refractivity contribution is 0.704. The maximum Gasteiger partial charge on any atom is 0.232 e. The van der Waals surface area contributed by atoms with Crippen molar-refractivity contribution in [1.82, 2.24) is 14.8 Å². The molecule has 4 rings (SSSR count). The molecule has 2 heterocycles. The topological polar surface area (TPSA) is 34.0 Å². The van der Waals surface area contributed by atoms with Gasteiger partial charge in [0.15, 0.2) is 5.16 Å². The number of para-hydroxylation sites is 1. The van der Waals surface area contributed by atoms with Crippen LogP contribution in [-0.4, -0.2) is 27.1 Å². The van der Waals surface area contributed by atoms with Gasteiger partial charge in [0.05, 0.1) is 0 Å². The summed E-state index contributed by atoms with van der Waals surface area (Å²) in [7, 11) is 0. The van der Waals surface area contributed by atoms with E-state index >= 15 is 0 Å². The number of thioether (sulfide) groups is 1. The molecule has 3 aromatic rings. The minimum atomic E-state index is 0.887. The van der Waals surface area contributed by atoms with E-state index in [-0.39, 0.29) is 0 Å². The van der Waals surface area contributed by atoms with Crippen LogP contribution in [0.3, 0.4) is 0 Å². The Kier molecular flexibility index (Phi) is 4.34. The first-order valence-corrected chi connectivity index (χ1v) is 9.00. The third-order valence-corrected chi connectivity index (χ3v) is 4.89. The van der Waals surface area contributed by atoms with E-state index in [2.05, 4.69) is 80.3 Å². The maximum absolute atomic E-state index is 4.39. The van der Waals surface area contributed by atoms with E-state index in [0.717, 1.165) is 29.9 Å². The van der Waals surface area contributed by atoms with Crippen LogP contribution in [0.25, 0.3) is 6.08 Å². The van der Waals surface area contributed by atoms with Crippen LogP contribution in [0, 0.1) is 0 Å². The molecule has 5 heteroatoms. The Hall–Kier alpha value is -2.53. The highest BCUT2D eigenvalue weighted by Gasteiger charge is 2.25. The van der Waals surface area contributed by atoms with Crippen molar-refractivity contribution in [2.24, 2.45) is 0 Å². The number of fused-ring (bicyclic) bond motifs is 1. The van der Waals surface area contributed by atoms with E-state index in [1.807, 2.05) is 12.1 Å². The SMILES string of the molecule is C(=C\c1ccccc1)/CSc1nnc2n1CCN2c1ccccc1. The van der Waals surface area contributed by atoms with Gasteiger partial charge in [-0.15, -0.1) is 10.2 Å². The fourth-order valence-electron chi connectivity index (χ4n) is 2.81. The standard InChI is InChI=1S/C19H18N4S/c1-3-8-16(9-4-1)10-7-15-24-19-21-20-18-22(13-14-23(18)19)17-11-5-2-6-12-17/h1-12H,13-15H2/b10-7+. The zero-order valence-electron chi connectivity index (χ0n) is 13.2. The molecule has 0 N–H and O–H groups in total. The molecule has 1 aliphatic heterocycles. The van der Waals surface area contributed by atoms with Crippen LogP contribution < -0.4 is 4.90 Å². The van der Waals surface area contributed by atoms with Crippen molar-refractivity contribution >= 4 is 29.5 Å². The van der Waals surface area contributed by atoms with E-state index < -0.39 is 0 Å². The highest BCUT2D eigenvalue weighted by atomic mass is 32.2. The fourth-order valence-corrected chi connectivity index (χ4v) is 3.58. The first-order valence-electron chi connectivity index (χ1n) is 8.02. The molecular weight excluding hydrogens is 316 g/mol. The molecule has 4 nitrogen and oxygen atoms in total. The summed E-state index contributed by atoms with van der Waals surface area (Å²) in [6.45, 7) is 1.88. The van der Waals surface area contributed by atoms with E-state index in [0.29, 0.717) is 0 Å². The van der Waals surface area contributed by atoms with Gasteiger partial charge in [-0.3, -0.25) is 4.57 Å². The van der Waals surface area contributed by atoms with E-state index in [1.165, 1.54) is 11.3 Å². The quantitative estimate of drug-likeness (QED) is 0.654. The third-order valence-electron chi connectivity index (χ3n) is 3.97. The van der Waals surface area contributed by atoms with Crippen molar-refractivity contribution in [1.29, 1.82) is 0 Å². The number of aromatic nitrogens is 3. The van der Waals surface area contributed by atoms with Crippen LogP contribution in [0.2, 0.25) is 0 Å². The van der Waals surface area contributed by atoms with Gasteiger partial charge < -0.3 is 4.90 Å². The average Bonchev–Trinajstić information content (AvgIpc) is 3.23. The first kappa shape index (κ1) is 15.0. The second-order valence-electron chi connectivity index (χ2n) is 5.55. The van der Waals surface area contributed by atoms with Crippen LogP contribution in [0.15, 0.2) is 71.9 Å². The van der Waals surface area contributed by atoms with Crippen molar-refractivity contribution in [2.75, 3.05) is 17.2 Å². The molecule has 0 unspecified atom stereocenters. The van der Waals surface area contributed by atoms with Crippen molar-refractivity contribution < 1.29 is 0 Å². The summed E-state index contributed by atoms with van der Waals surface area (Å²) in [6.07, 6.45) is 4.32. The molecule has 0 amide bonds. The van der Waals surface area contributed by atoms with Gasteiger partial charge in [0, 0.05) is 24.5 Å². The summed E-state index contributed by atoms with van der Waals surface area (Å²) in [6, 6.07) is 20.7. The van der Waals surface area contributed by atoms with Crippen molar-refractivity contribution in [3.8, 4) is 0 Å². The lowest BCUT2D eigenvalue weighted by atomic mass is 10.2. The Morgan fingerprint density at radius 1 is 0.917 bits per heavy atom. The summed E-state index contributed by atoms with van der Waals surface area (Å²) >= 11 is 1.72. The number of benzene rings is 2. The zero-order valence-corrected chi connectivity index (χ0v) is 14.1. The van der Waals surface area contributed by atoms with Crippen LogP contribution >= 0.6 is 11.8 Å². The van der Waals surface area contributed by atoms with Crippen molar-refractivity contribution in [3.63, 3.8) is 0 Å². The number of anilines is 2. The largest absolute Gasteiger partial charge is 0.309 e. The van der Waals surface area contributed by atoms with Gasteiger partial charge in [0.1, 0.15) is 0 Å². The first-order chi connectivity index (χ1) is 11.9. The Labute approximate surface area is 145 Å². The highest BCUT2D eigenvalue weighted by Crippen LogP contribution is 2.31. The number of hydrogen-bond donors (Lipinski definition) is 0. The van der Waals surface area contributed by atoms with Crippen LogP contribution in [0.1, 0.15) is 5.56 Å². The molecule has 0 radical (unpaired) electrons. The second kappa shape index (κ2) is 6.93. The predicted molar refractivity (Wildman–Crippen MR) is 99.7 cm³/mol. The molecule has 1 aliphatic rings. The van der Waals surface area contributed by atoms with E-state index in [9.17, 15) is 0 Å². The summed E-state index contributed by atoms with van der Waals surface area (Å²) in [5.74, 6) is 1.83. The monoisotopic (exact) mass is 334 g/mol. The molecule has 0 saturated heterocycles. The Morgan fingerprint density at radius 3 is 2.46 bits per heavy atom. The lowest BCUT2D eigenvalue weighted by Crippen LogP contribution is -2.13. The molecule has 0 fully saturated rings. The molecule has 0 saturated carbocycles. The van der Waals surface area contributed by atoms with Crippen LogP contribution in [0.5, 0.6) is 0 Å². The van der Waals surface area contributed by atoms with Gasteiger partial charge in [-0.05, 0) is 17.7 Å². The zero-order chi connectivity index (χ0) is 16.2. The lowest BCUT2D eigenvalue weighted by Gasteiger charge is -2.14. The number of rotatable bonds is 5. The number of nitrogens with zero attached hydrogens (tertiary/aromatic N) is 4. The molecule has 24 heavy (non-hydrogen) atoms. The third kappa shape index (κ3) is 3.08. The van der Waals surface area contributed by atoms with Crippen molar-refractivity contribution in [3.05, 3.63) is 72.3 Å². The molecule has 0 bridgehead atoms. The molecule has 0 aliphatic carbocycles. The maximum atomic E-state index is 4.39. The summed E-state index contributed by atoms with van der Waals surface area (Å²) in [5.41, 5.74) is 2.39. The Morgan fingerprint density at radius 2 is 1.67 bits per heavy atom. The van der Waals surface area contributed by atoms with Gasteiger partial charge in [0.25, 0.3) is 0 Å². The molecule has 0 atom stereocenters. The van der Waals surface area contributed by atoms with E-state index in [4.69, 9.17) is 0 Å². The number of hydrogen-bond acceptors (Lipinski definition) is 4. The van der Waals surface area contributed by atoms with Crippen LogP contribution in [0.4, 0.5) is 11.6 Å². The minimum Gasteiger partial charge on any atom is -0.309 e. The van der Waals surface area contributed by atoms with Gasteiger partial charge >= 0.3 is 0 Å². The average molecular weight is 334 g/mol. The second-order valence-corrected chi connectivity index (χ2v) is 6.53. The Bertz CT molecular complexity index is 827. The van der Waals surface area contributed by atoms with Gasteiger partial charge in [-0.25, -0.2) is 0 Å². The van der Waals surface area contributed by atoms with E-state index in [1.54, 1.807) is 11.8 Å². The van der Waals surface area contributed by atoms with Gasteiger partial charge in [0.2, 0.25) is 5.95 Å². The predicted octanol–water partition coefficient (Wildman–Crippen LogP) is 4.24. The summed E-state index contributed by atoms with van der Waals surface area (Å²) in [4.78, 5) is 2.22. The highest BCUT2D eigenvalue weighted by molar-refractivity contribution is 7.99. The molecule has 1 aromatic heterocycles. The summed E-state index contributed by atoms with van der Waals surface area (Å²) < 4.78 is 2.20. The summed E-state index contributed by atoms with van der Waals surface area (Å²) in [5, 5.41) is 9.73. The van der Waals surface area contributed by atoms with Gasteiger partial charge in [-0.2, -0.15) is 0 Å². The van der Waals surface area contributed by atoms with Crippen LogP contribution in [-0.2, 0) is 6.54 Å². The molecule has 0 spiro atoms. The van der Waals surface area contributed by atoms with Crippen molar-refractivity contribution in [2.45, 2.75) is 11.7 Å². The molecule has 120 valence electrons. The molecule has 2 aromatic carbocycles. The minimum absolute atomic E-state index is 0.887. The normalized spacial score (nSPS) is 13.6. The molecular formula is C19H18N4S. The fraction of sp³-hybridized carbons (Fsp3) is 0.158. The van der Waals surface area contributed by atoms with Gasteiger partial charge in [-0.1, -0.05) is 72.4 Å². The smallest absolute Gasteiger partial charge is 0.232 e.